The standard InChI is InChI=1S/C41H40O6S/c1-39(2)25-41(35-20-14-30(45-6)23-37(35)39)26-40(3,4)38-24-32(15-21-36(38)41)47-28-12-18-34(19-13-28)48(42,43)33-16-10-27(11-17-33)46-31-9-7-8-29(22-31)44-5/h7-24H,25-26H2,1-6H3. The lowest BCUT2D eigenvalue weighted by molar-refractivity contribution is 0.349. The van der Waals surface area contributed by atoms with Crippen molar-refractivity contribution in [3.05, 3.63) is 131 Å². The van der Waals surface area contributed by atoms with Gasteiger partial charge in [0.1, 0.15) is 34.5 Å². The Bertz CT molecular complexity index is 2110. The maximum atomic E-state index is 13.4. The van der Waals surface area contributed by atoms with Crippen LogP contribution in [0.25, 0.3) is 0 Å². The second-order valence-corrected chi connectivity index (χ2v) is 16.1. The van der Waals surface area contributed by atoms with Gasteiger partial charge in [-0.25, -0.2) is 8.42 Å². The average molecular weight is 661 g/mol. The van der Waals surface area contributed by atoms with Crippen molar-refractivity contribution in [3.8, 4) is 34.5 Å². The molecule has 7 heteroatoms. The summed E-state index contributed by atoms with van der Waals surface area (Å²) >= 11 is 0. The summed E-state index contributed by atoms with van der Waals surface area (Å²) in [7, 11) is -0.428. The zero-order valence-corrected chi connectivity index (χ0v) is 29.0. The fourth-order valence-corrected chi connectivity index (χ4v) is 9.19. The van der Waals surface area contributed by atoms with Gasteiger partial charge in [0.05, 0.1) is 24.0 Å². The van der Waals surface area contributed by atoms with E-state index in [1.165, 1.54) is 22.3 Å². The van der Waals surface area contributed by atoms with E-state index in [4.69, 9.17) is 18.9 Å². The number of sulfone groups is 1. The van der Waals surface area contributed by atoms with Crippen molar-refractivity contribution in [3.63, 3.8) is 0 Å². The van der Waals surface area contributed by atoms with Gasteiger partial charge < -0.3 is 18.9 Å². The zero-order chi connectivity index (χ0) is 33.9. The molecule has 0 aliphatic heterocycles. The molecule has 6 nitrogen and oxygen atoms in total. The summed E-state index contributed by atoms with van der Waals surface area (Å²) in [5, 5.41) is 0. The molecule has 0 bridgehead atoms. The molecule has 0 saturated carbocycles. The first-order chi connectivity index (χ1) is 22.8. The molecule has 0 fully saturated rings. The van der Waals surface area contributed by atoms with E-state index in [1.54, 1.807) is 68.8 Å². The number of rotatable bonds is 8. The van der Waals surface area contributed by atoms with E-state index in [1.807, 2.05) is 24.3 Å². The highest BCUT2D eigenvalue weighted by molar-refractivity contribution is 7.91. The lowest BCUT2D eigenvalue weighted by Crippen LogP contribution is -2.26. The van der Waals surface area contributed by atoms with Gasteiger partial charge in [-0.2, -0.15) is 0 Å². The number of hydrogen-bond acceptors (Lipinski definition) is 6. The largest absolute Gasteiger partial charge is 0.497 e. The predicted molar refractivity (Wildman–Crippen MR) is 187 cm³/mol. The zero-order valence-electron chi connectivity index (χ0n) is 28.2. The maximum Gasteiger partial charge on any atom is 0.206 e. The van der Waals surface area contributed by atoms with Crippen LogP contribution in [0.3, 0.4) is 0 Å². The first-order valence-corrected chi connectivity index (χ1v) is 17.6. The molecule has 1 spiro atoms. The van der Waals surface area contributed by atoms with Crippen LogP contribution in [0.5, 0.6) is 34.5 Å². The molecule has 0 aromatic heterocycles. The van der Waals surface area contributed by atoms with Gasteiger partial charge in [0.25, 0.3) is 0 Å². The van der Waals surface area contributed by atoms with Crippen LogP contribution in [0, 0.1) is 0 Å². The van der Waals surface area contributed by atoms with Crippen molar-refractivity contribution in [2.45, 2.75) is 66.6 Å². The quantitative estimate of drug-likeness (QED) is 0.165. The summed E-state index contributed by atoms with van der Waals surface area (Å²) in [6.07, 6.45) is 2.05. The van der Waals surface area contributed by atoms with E-state index in [-0.39, 0.29) is 26.0 Å². The highest BCUT2D eigenvalue weighted by atomic mass is 32.2. The summed E-state index contributed by atoms with van der Waals surface area (Å²) in [4.78, 5) is 0.367. The number of methoxy groups -OCH3 is 2. The molecule has 5 aromatic carbocycles. The molecule has 7 rings (SSSR count). The van der Waals surface area contributed by atoms with E-state index in [0.717, 1.165) is 24.3 Å². The third kappa shape index (κ3) is 5.40. The fourth-order valence-electron chi connectivity index (χ4n) is 7.93. The summed E-state index contributed by atoms with van der Waals surface area (Å²) in [6.45, 7) is 9.30. The van der Waals surface area contributed by atoms with E-state index in [9.17, 15) is 8.42 Å². The number of benzene rings is 5. The molecular formula is C41H40O6S. The number of ether oxygens (including phenoxy) is 4. The lowest BCUT2D eigenvalue weighted by atomic mass is 9.72. The first kappa shape index (κ1) is 31.8. The molecule has 48 heavy (non-hydrogen) atoms. The van der Waals surface area contributed by atoms with Crippen LogP contribution in [0.2, 0.25) is 0 Å². The van der Waals surface area contributed by atoms with Gasteiger partial charge in [0.2, 0.25) is 9.84 Å². The molecule has 1 unspecified atom stereocenters. The van der Waals surface area contributed by atoms with Crippen LogP contribution in [0.4, 0.5) is 0 Å². The highest BCUT2D eigenvalue weighted by Gasteiger charge is 2.56. The van der Waals surface area contributed by atoms with Gasteiger partial charge in [-0.3, -0.25) is 0 Å². The Morgan fingerprint density at radius 3 is 1.38 bits per heavy atom. The smallest absolute Gasteiger partial charge is 0.206 e. The molecule has 2 aliphatic carbocycles. The Hall–Kier alpha value is -4.75. The maximum absolute atomic E-state index is 13.4. The van der Waals surface area contributed by atoms with Crippen LogP contribution in [-0.2, 0) is 26.1 Å². The van der Waals surface area contributed by atoms with Crippen molar-refractivity contribution < 1.29 is 27.4 Å². The van der Waals surface area contributed by atoms with Crippen LogP contribution in [0.15, 0.2) is 119 Å². The minimum absolute atomic E-state index is 0.0193. The molecule has 2 aliphatic rings. The molecule has 0 heterocycles. The summed E-state index contributed by atoms with van der Waals surface area (Å²) < 4.78 is 49.9. The van der Waals surface area contributed by atoms with Crippen LogP contribution in [-0.4, -0.2) is 22.6 Å². The third-order valence-corrected chi connectivity index (χ3v) is 11.8. The second kappa shape index (κ2) is 11.4. The van der Waals surface area contributed by atoms with Crippen molar-refractivity contribution in [2.75, 3.05) is 14.2 Å². The minimum atomic E-state index is -3.74. The van der Waals surface area contributed by atoms with Crippen LogP contribution >= 0.6 is 0 Å². The van der Waals surface area contributed by atoms with E-state index in [2.05, 4.69) is 58.0 Å². The number of hydrogen-bond donors (Lipinski definition) is 0. The molecule has 246 valence electrons. The molecular weight excluding hydrogens is 621 g/mol. The Kier molecular flexibility index (Phi) is 7.59. The fraction of sp³-hybridized carbons (Fsp3) is 0.268. The number of fused-ring (bicyclic) bond motifs is 4. The van der Waals surface area contributed by atoms with Crippen molar-refractivity contribution in [2.24, 2.45) is 0 Å². The second-order valence-electron chi connectivity index (χ2n) is 14.2. The SMILES string of the molecule is COc1cccc(Oc2ccc(S(=O)(=O)c3ccc(Oc4ccc5c(c4)C(C)(C)CC54CC(C)(C)c5cc(OC)ccc54)cc3)cc2)c1. The van der Waals surface area contributed by atoms with Crippen molar-refractivity contribution >= 4 is 9.84 Å². The summed E-state index contributed by atoms with van der Waals surface area (Å²) in [6, 6.07) is 33.2. The normalized spacial score (nSPS) is 18.6. The molecule has 5 aromatic rings. The lowest BCUT2D eigenvalue weighted by Gasteiger charge is -2.30. The highest BCUT2D eigenvalue weighted by Crippen LogP contribution is 2.63. The van der Waals surface area contributed by atoms with Crippen molar-refractivity contribution in [1.82, 2.24) is 0 Å². The van der Waals surface area contributed by atoms with Crippen LogP contribution < -0.4 is 18.9 Å². The molecule has 0 radical (unpaired) electrons. The van der Waals surface area contributed by atoms with Crippen molar-refractivity contribution in [1.29, 1.82) is 0 Å². The Morgan fingerprint density at radius 1 is 0.479 bits per heavy atom. The molecule has 1 atom stereocenters. The van der Waals surface area contributed by atoms with Crippen LogP contribution in [0.1, 0.15) is 62.8 Å². The minimum Gasteiger partial charge on any atom is -0.497 e. The van der Waals surface area contributed by atoms with Gasteiger partial charge >= 0.3 is 0 Å². The van der Waals surface area contributed by atoms with Gasteiger partial charge in [0, 0.05) is 11.5 Å². The van der Waals surface area contributed by atoms with E-state index >= 15 is 0 Å². The van der Waals surface area contributed by atoms with Gasteiger partial charge in [-0.15, -0.1) is 0 Å². The Balaban J connectivity index is 1.10. The molecule has 0 saturated heterocycles. The summed E-state index contributed by atoms with van der Waals surface area (Å²) in [5.41, 5.74) is 5.29. The first-order valence-electron chi connectivity index (χ1n) is 16.1. The Morgan fingerprint density at radius 2 is 0.875 bits per heavy atom. The van der Waals surface area contributed by atoms with Gasteiger partial charge in [-0.05, 0) is 131 Å². The third-order valence-electron chi connectivity index (χ3n) is 9.98. The molecule has 0 N–H and O–H groups in total. The molecule has 0 amide bonds. The topological polar surface area (TPSA) is 71.1 Å². The predicted octanol–water partition coefficient (Wildman–Crippen LogP) is 9.77. The van der Waals surface area contributed by atoms with E-state index < -0.39 is 9.84 Å². The van der Waals surface area contributed by atoms with E-state index in [0.29, 0.717) is 23.0 Å². The summed E-state index contributed by atoms with van der Waals surface area (Å²) in [5.74, 6) is 3.99. The van der Waals surface area contributed by atoms with Gasteiger partial charge in [0.15, 0.2) is 0 Å². The average Bonchev–Trinajstić information content (AvgIpc) is 3.44. The van der Waals surface area contributed by atoms with Gasteiger partial charge in [-0.1, -0.05) is 45.9 Å². The monoisotopic (exact) mass is 660 g/mol. The Labute approximate surface area is 283 Å².